The van der Waals surface area contributed by atoms with Gasteiger partial charge in [0.1, 0.15) is 0 Å². The van der Waals surface area contributed by atoms with Crippen molar-refractivity contribution in [3.63, 3.8) is 0 Å². The van der Waals surface area contributed by atoms with E-state index in [2.05, 4.69) is 0 Å². The average Bonchev–Trinajstić information content (AvgIpc) is 2.30. The van der Waals surface area contributed by atoms with Gasteiger partial charge in [-0.3, -0.25) is 15.0 Å². The van der Waals surface area contributed by atoms with Gasteiger partial charge in [0.25, 0.3) is 5.69 Å². The molecule has 1 heterocycles. The maximum atomic E-state index is 11.0. The lowest BCUT2D eigenvalue weighted by molar-refractivity contribution is -0.385. The van der Waals surface area contributed by atoms with E-state index in [4.69, 9.17) is 11.6 Å². The molecule has 104 valence electrons. The molecule has 0 aliphatic carbocycles. The highest BCUT2D eigenvalue weighted by molar-refractivity contribution is 6.30. The van der Waals surface area contributed by atoms with Gasteiger partial charge >= 0.3 is 0 Å². The van der Waals surface area contributed by atoms with Crippen molar-refractivity contribution >= 4 is 17.3 Å². The molecule has 1 aromatic carbocycles. The summed E-state index contributed by atoms with van der Waals surface area (Å²) in [6.45, 7) is 3.64. The van der Waals surface area contributed by atoms with Gasteiger partial charge in [0.15, 0.2) is 0 Å². The molecule has 1 aliphatic heterocycles. The zero-order chi connectivity index (χ0) is 14.0. The molecule has 1 fully saturated rings. The molecule has 0 bridgehead atoms. The van der Waals surface area contributed by atoms with Gasteiger partial charge in [-0.25, -0.2) is 0 Å². The van der Waals surface area contributed by atoms with Crippen molar-refractivity contribution in [3.8, 4) is 0 Å². The molecule has 0 amide bonds. The lowest BCUT2D eigenvalue weighted by Gasteiger charge is -2.36. The van der Waals surface area contributed by atoms with E-state index in [1.54, 1.807) is 19.1 Å². The summed E-state index contributed by atoms with van der Waals surface area (Å²) in [6, 6.07) is 4.72. The zero-order valence-corrected chi connectivity index (χ0v) is 11.6. The van der Waals surface area contributed by atoms with E-state index in [-0.39, 0.29) is 5.69 Å². The largest absolute Gasteiger partial charge is 0.389 e. The number of halogens is 1. The van der Waals surface area contributed by atoms with Crippen LogP contribution in [0.1, 0.15) is 25.3 Å². The quantitative estimate of drug-likeness (QED) is 0.684. The number of rotatable bonds is 3. The Morgan fingerprint density at radius 2 is 2.32 bits per heavy atom. The van der Waals surface area contributed by atoms with Gasteiger partial charge in [-0.2, -0.15) is 0 Å². The maximum absolute atomic E-state index is 11.0. The third kappa shape index (κ3) is 3.65. The number of benzene rings is 1. The van der Waals surface area contributed by atoms with Gasteiger partial charge in [-0.1, -0.05) is 11.6 Å². The molecule has 2 rings (SSSR count). The fourth-order valence-electron chi connectivity index (χ4n) is 2.54. The molecule has 0 saturated carbocycles. The molecule has 0 radical (unpaired) electrons. The normalized spacial score (nSPS) is 24.4. The van der Waals surface area contributed by atoms with Gasteiger partial charge < -0.3 is 5.11 Å². The summed E-state index contributed by atoms with van der Waals surface area (Å²) in [4.78, 5) is 12.7. The predicted molar refractivity (Wildman–Crippen MR) is 73.2 cm³/mol. The number of hydrogen-bond donors (Lipinski definition) is 1. The molecule has 1 N–H and O–H groups in total. The highest BCUT2D eigenvalue weighted by Crippen LogP contribution is 2.27. The molecule has 1 aliphatic rings. The van der Waals surface area contributed by atoms with Crippen LogP contribution in [-0.4, -0.2) is 33.6 Å². The summed E-state index contributed by atoms with van der Waals surface area (Å²) in [5, 5.41) is 21.4. The van der Waals surface area contributed by atoms with E-state index in [0.717, 1.165) is 19.4 Å². The number of β-amino-alcohol motifs (C(OH)–C–C–N with tert-alkyl or cyclic N) is 1. The minimum Gasteiger partial charge on any atom is -0.389 e. The number of hydrogen-bond acceptors (Lipinski definition) is 4. The van der Waals surface area contributed by atoms with Crippen molar-refractivity contribution in [1.82, 2.24) is 4.90 Å². The van der Waals surface area contributed by atoms with Gasteiger partial charge in [0.05, 0.1) is 10.5 Å². The van der Waals surface area contributed by atoms with E-state index in [1.807, 2.05) is 4.90 Å². The molecule has 5 nitrogen and oxygen atoms in total. The van der Waals surface area contributed by atoms with Crippen molar-refractivity contribution in [1.29, 1.82) is 0 Å². The van der Waals surface area contributed by atoms with E-state index in [9.17, 15) is 15.2 Å². The first-order chi connectivity index (χ1) is 8.87. The van der Waals surface area contributed by atoms with Crippen LogP contribution in [0.4, 0.5) is 5.69 Å². The number of piperidine rings is 1. The molecule has 0 spiro atoms. The van der Waals surface area contributed by atoms with Crippen LogP contribution in [0.5, 0.6) is 0 Å². The van der Waals surface area contributed by atoms with E-state index in [1.165, 1.54) is 6.07 Å². The lowest BCUT2D eigenvalue weighted by atomic mass is 9.95. The van der Waals surface area contributed by atoms with E-state index < -0.39 is 10.5 Å². The van der Waals surface area contributed by atoms with Crippen molar-refractivity contribution in [3.05, 3.63) is 38.9 Å². The van der Waals surface area contributed by atoms with Crippen LogP contribution in [0.15, 0.2) is 18.2 Å². The van der Waals surface area contributed by atoms with Gasteiger partial charge in [-0.15, -0.1) is 0 Å². The third-order valence-electron chi connectivity index (χ3n) is 3.39. The van der Waals surface area contributed by atoms with E-state index in [0.29, 0.717) is 23.7 Å². The third-order valence-corrected chi connectivity index (χ3v) is 3.63. The summed E-state index contributed by atoms with van der Waals surface area (Å²) < 4.78 is 0. The second kappa shape index (κ2) is 5.45. The van der Waals surface area contributed by atoms with Gasteiger partial charge in [-0.05, 0) is 38.4 Å². The fourth-order valence-corrected chi connectivity index (χ4v) is 2.71. The van der Waals surface area contributed by atoms with Crippen LogP contribution in [0.25, 0.3) is 0 Å². The second-order valence-corrected chi connectivity index (χ2v) is 5.78. The summed E-state index contributed by atoms with van der Waals surface area (Å²) >= 11 is 5.79. The molecule has 1 unspecified atom stereocenters. The van der Waals surface area contributed by atoms with Crippen molar-refractivity contribution in [2.75, 3.05) is 13.1 Å². The Morgan fingerprint density at radius 3 is 2.95 bits per heavy atom. The molecular weight excluding hydrogens is 268 g/mol. The van der Waals surface area contributed by atoms with Crippen LogP contribution < -0.4 is 0 Å². The molecule has 6 heteroatoms. The Kier molecular flexibility index (Phi) is 4.08. The number of nitro groups is 1. The Bertz CT molecular complexity index is 491. The summed E-state index contributed by atoms with van der Waals surface area (Å²) in [6.07, 6.45) is 1.67. The average molecular weight is 285 g/mol. The standard InChI is InChI=1S/C13H17ClN2O3/c1-13(17)5-2-6-15(9-13)8-10-3-4-11(14)7-12(10)16(18)19/h3-4,7,17H,2,5-6,8-9H2,1H3. The van der Waals surface area contributed by atoms with E-state index >= 15 is 0 Å². The first-order valence-electron chi connectivity index (χ1n) is 6.25. The fraction of sp³-hybridized carbons (Fsp3) is 0.538. The molecular formula is C13H17ClN2O3. The molecule has 1 saturated heterocycles. The SMILES string of the molecule is CC1(O)CCCN(Cc2ccc(Cl)cc2[N+](=O)[O-])C1. The van der Waals surface area contributed by atoms with Crippen molar-refractivity contribution < 1.29 is 10.0 Å². The highest BCUT2D eigenvalue weighted by Gasteiger charge is 2.29. The van der Waals surface area contributed by atoms with Gasteiger partial charge in [0.2, 0.25) is 0 Å². The second-order valence-electron chi connectivity index (χ2n) is 5.34. The summed E-state index contributed by atoms with van der Waals surface area (Å²) in [5.74, 6) is 0. The molecule has 1 atom stereocenters. The van der Waals surface area contributed by atoms with Crippen LogP contribution in [0.2, 0.25) is 5.02 Å². The first-order valence-corrected chi connectivity index (χ1v) is 6.63. The van der Waals surface area contributed by atoms with Gasteiger partial charge in [0, 0.05) is 29.7 Å². The minimum absolute atomic E-state index is 0.0396. The number of nitrogens with zero attached hydrogens (tertiary/aromatic N) is 2. The molecule has 0 aromatic heterocycles. The molecule has 19 heavy (non-hydrogen) atoms. The number of aliphatic hydroxyl groups is 1. The van der Waals surface area contributed by atoms with Crippen molar-refractivity contribution in [2.24, 2.45) is 0 Å². The number of likely N-dealkylation sites (tertiary alicyclic amines) is 1. The maximum Gasteiger partial charge on any atom is 0.275 e. The first kappa shape index (κ1) is 14.2. The summed E-state index contributed by atoms with van der Waals surface area (Å²) in [7, 11) is 0. The monoisotopic (exact) mass is 284 g/mol. The summed E-state index contributed by atoms with van der Waals surface area (Å²) in [5.41, 5.74) is -0.0377. The molecule has 1 aromatic rings. The minimum atomic E-state index is -0.709. The Morgan fingerprint density at radius 1 is 1.58 bits per heavy atom. The van der Waals surface area contributed by atoms with Crippen molar-refractivity contribution in [2.45, 2.75) is 31.9 Å². The zero-order valence-electron chi connectivity index (χ0n) is 10.8. The van der Waals surface area contributed by atoms with Crippen LogP contribution in [0, 0.1) is 10.1 Å². The highest BCUT2D eigenvalue weighted by atomic mass is 35.5. The Hall–Kier alpha value is -1.17. The number of nitro benzene ring substituents is 1. The van der Waals surface area contributed by atoms with Crippen LogP contribution in [0.3, 0.4) is 0 Å². The topological polar surface area (TPSA) is 66.6 Å². The Balaban J connectivity index is 2.17. The Labute approximate surface area is 116 Å². The van der Waals surface area contributed by atoms with Crippen LogP contribution in [-0.2, 0) is 6.54 Å². The predicted octanol–water partition coefficient (Wildman–Crippen LogP) is 2.60. The van der Waals surface area contributed by atoms with Crippen LogP contribution >= 0.6 is 11.6 Å². The lowest BCUT2D eigenvalue weighted by Crippen LogP contribution is -2.45. The smallest absolute Gasteiger partial charge is 0.275 e.